The maximum absolute atomic E-state index is 11.5. The van der Waals surface area contributed by atoms with Crippen LogP contribution in [0.5, 0.6) is 0 Å². The molecule has 3 amide bonds. The summed E-state index contributed by atoms with van der Waals surface area (Å²) in [7, 11) is 0. The van der Waals surface area contributed by atoms with Crippen molar-refractivity contribution < 1.29 is 14.4 Å². The van der Waals surface area contributed by atoms with Crippen molar-refractivity contribution in [3.63, 3.8) is 0 Å². The highest BCUT2D eigenvalue weighted by atomic mass is 35.5. The lowest BCUT2D eigenvalue weighted by Crippen LogP contribution is -2.43. The minimum Gasteiger partial charge on any atom is -0.352 e. The molecule has 20 heavy (non-hydrogen) atoms. The monoisotopic (exact) mass is 298 g/mol. The fraction of sp³-hybridized carbons (Fsp3) is 0.333. The molecular weight excluding hydrogens is 284 g/mol. The number of carbonyl (C=O) groups is 3. The zero-order valence-corrected chi connectivity index (χ0v) is 11.8. The van der Waals surface area contributed by atoms with Crippen LogP contribution in [0.3, 0.4) is 0 Å². The Labute approximate surface area is 121 Å². The van der Waals surface area contributed by atoms with Crippen molar-refractivity contribution in [2.45, 2.75) is 19.9 Å². The summed E-state index contributed by atoms with van der Waals surface area (Å²) < 4.78 is 0. The summed E-state index contributed by atoms with van der Waals surface area (Å²) in [5.74, 6) is -2.16. The first-order valence-corrected chi connectivity index (χ1v) is 6.26. The maximum Gasteiger partial charge on any atom is 0.313 e. The number of nitrogens with one attached hydrogen (secondary N) is 3. The summed E-state index contributed by atoms with van der Waals surface area (Å²) in [6, 6.07) is 2.85. The first-order valence-electron chi connectivity index (χ1n) is 5.88. The number of rotatable bonds is 4. The molecule has 0 unspecified atom stereocenters. The second kappa shape index (κ2) is 7.44. The van der Waals surface area contributed by atoms with Crippen molar-refractivity contribution >= 4 is 35.0 Å². The van der Waals surface area contributed by atoms with Crippen molar-refractivity contribution in [3.05, 3.63) is 23.5 Å². The predicted molar refractivity (Wildman–Crippen MR) is 74.2 cm³/mol. The molecule has 0 aliphatic heterocycles. The van der Waals surface area contributed by atoms with E-state index >= 15 is 0 Å². The Balaban J connectivity index is 2.44. The molecule has 0 spiro atoms. The third-order valence-corrected chi connectivity index (χ3v) is 2.26. The van der Waals surface area contributed by atoms with Gasteiger partial charge in [0.15, 0.2) is 0 Å². The van der Waals surface area contributed by atoms with Gasteiger partial charge >= 0.3 is 11.8 Å². The third kappa shape index (κ3) is 5.66. The van der Waals surface area contributed by atoms with Gasteiger partial charge in [0.25, 0.3) is 0 Å². The molecule has 8 heteroatoms. The Morgan fingerprint density at radius 3 is 2.60 bits per heavy atom. The molecule has 1 heterocycles. The maximum atomic E-state index is 11.5. The van der Waals surface area contributed by atoms with E-state index in [1.807, 2.05) is 0 Å². The van der Waals surface area contributed by atoms with Crippen molar-refractivity contribution in [1.29, 1.82) is 0 Å². The van der Waals surface area contributed by atoms with E-state index in [1.165, 1.54) is 18.3 Å². The molecule has 0 atom stereocenters. The summed E-state index contributed by atoms with van der Waals surface area (Å²) >= 11 is 5.64. The van der Waals surface area contributed by atoms with Crippen molar-refractivity contribution in [3.8, 4) is 0 Å². The van der Waals surface area contributed by atoms with Crippen LogP contribution in [0.2, 0.25) is 5.15 Å². The van der Waals surface area contributed by atoms with E-state index in [0.717, 1.165) is 0 Å². The van der Waals surface area contributed by atoms with Gasteiger partial charge in [-0.3, -0.25) is 14.4 Å². The molecule has 1 rings (SSSR count). The van der Waals surface area contributed by atoms with Gasteiger partial charge in [0, 0.05) is 17.9 Å². The first kappa shape index (κ1) is 15.9. The molecule has 108 valence electrons. The molecule has 1 aromatic heterocycles. The van der Waals surface area contributed by atoms with Gasteiger partial charge in [0.2, 0.25) is 5.91 Å². The second-order valence-corrected chi connectivity index (χ2v) is 4.61. The van der Waals surface area contributed by atoms with Gasteiger partial charge in [0.1, 0.15) is 5.15 Å². The zero-order chi connectivity index (χ0) is 15.1. The number of aromatic nitrogens is 1. The van der Waals surface area contributed by atoms with Crippen LogP contribution in [0.15, 0.2) is 18.3 Å². The van der Waals surface area contributed by atoms with Crippen LogP contribution in [0.1, 0.15) is 13.8 Å². The van der Waals surface area contributed by atoms with E-state index in [0.29, 0.717) is 5.69 Å². The van der Waals surface area contributed by atoms with Gasteiger partial charge in [-0.15, -0.1) is 0 Å². The van der Waals surface area contributed by atoms with Crippen LogP contribution in [0.25, 0.3) is 0 Å². The smallest absolute Gasteiger partial charge is 0.313 e. The summed E-state index contributed by atoms with van der Waals surface area (Å²) in [5, 5.41) is 7.33. The molecule has 0 bridgehead atoms. The van der Waals surface area contributed by atoms with Gasteiger partial charge in [-0.1, -0.05) is 11.6 Å². The Hall–Kier alpha value is -2.15. The minimum absolute atomic E-state index is 0.0350. The van der Waals surface area contributed by atoms with E-state index in [9.17, 15) is 14.4 Å². The highest BCUT2D eigenvalue weighted by Crippen LogP contribution is 2.11. The number of anilines is 1. The molecule has 7 nitrogen and oxygen atoms in total. The van der Waals surface area contributed by atoms with Crippen molar-refractivity contribution in [2.75, 3.05) is 11.9 Å². The summed E-state index contributed by atoms with van der Waals surface area (Å²) in [4.78, 5) is 38.1. The number of pyridine rings is 1. The third-order valence-electron chi connectivity index (χ3n) is 2.05. The number of hydrogen-bond acceptors (Lipinski definition) is 4. The van der Waals surface area contributed by atoms with Crippen molar-refractivity contribution in [1.82, 2.24) is 15.6 Å². The van der Waals surface area contributed by atoms with Crippen LogP contribution in [0.4, 0.5) is 5.69 Å². The van der Waals surface area contributed by atoms with Crippen molar-refractivity contribution in [2.24, 2.45) is 0 Å². The number of hydrogen-bond donors (Lipinski definition) is 3. The molecule has 0 aliphatic rings. The van der Waals surface area contributed by atoms with Crippen LogP contribution in [-0.4, -0.2) is 35.3 Å². The second-order valence-electron chi connectivity index (χ2n) is 4.23. The molecular formula is C12H15ClN4O3. The molecule has 0 radical (unpaired) electrons. The molecule has 0 saturated heterocycles. The van der Waals surface area contributed by atoms with Gasteiger partial charge in [0.05, 0.1) is 6.54 Å². The lowest BCUT2D eigenvalue weighted by molar-refractivity contribution is -0.136. The predicted octanol–water partition coefficient (Wildman–Crippen LogP) is 0.314. The first-order chi connectivity index (χ1) is 9.38. The highest BCUT2D eigenvalue weighted by Gasteiger charge is 2.15. The van der Waals surface area contributed by atoms with E-state index in [-0.39, 0.29) is 23.6 Å². The molecule has 3 N–H and O–H groups in total. The van der Waals surface area contributed by atoms with Gasteiger partial charge in [-0.25, -0.2) is 4.98 Å². The number of halogens is 1. The molecule has 0 fully saturated rings. The summed E-state index contributed by atoms with van der Waals surface area (Å²) in [6.45, 7) is 3.32. The van der Waals surface area contributed by atoms with Gasteiger partial charge in [-0.05, 0) is 26.0 Å². The SMILES string of the molecule is CC(C)NC(=O)CNC(=O)C(=O)Nc1ccnc(Cl)c1. The summed E-state index contributed by atoms with van der Waals surface area (Å²) in [6.07, 6.45) is 1.39. The molecule has 0 aromatic carbocycles. The Bertz CT molecular complexity index is 519. The fourth-order valence-electron chi connectivity index (χ4n) is 1.28. The molecule has 0 aliphatic carbocycles. The van der Waals surface area contributed by atoms with Crippen LogP contribution >= 0.6 is 11.6 Å². The van der Waals surface area contributed by atoms with E-state index in [1.54, 1.807) is 13.8 Å². The summed E-state index contributed by atoms with van der Waals surface area (Å²) in [5.41, 5.74) is 0.344. The minimum atomic E-state index is -0.906. The van der Waals surface area contributed by atoms with Crippen LogP contribution in [0, 0.1) is 0 Å². The number of carbonyl (C=O) groups excluding carboxylic acids is 3. The average Bonchev–Trinajstić information content (AvgIpc) is 2.35. The van der Waals surface area contributed by atoms with Gasteiger partial charge in [-0.2, -0.15) is 0 Å². The van der Waals surface area contributed by atoms with E-state index < -0.39 is 11.8 Å². The Kier molecular flexibility index (Phi) is 5.92. The van der Waals surface area contributed by atoms with Gasteiger partial charge < -0.3 is 16.0 Å². The number of nitrogens with zero attached hydrogens (tertiary/aromatic N) is 1. The molecule has 0 saturated carbocycles. The topological polar surface area (TPSA) is 100 Å². The highest BCUT2D eigenvalue weighted by molar-refractivity contribution is 6.40. The lowest BCUT2D eigenvalue weighted by Gasteiger charge is -2.09. The Morgan fingerprint density at radius 1 is 1.30 bits per heavy atom. The standard InChI is InChI=1S/C12H15ClN4O3/c1-7(2)16-10(18)6-15-11(19)12(20)17-8-3-4-14-9(13)5-8/h3-5,7H,6H2,1-2H3,(H,15,19)(H,16,18)(H,14,17,20). The van der Waals surface area contributed by atoms with Crippen LogP contribution in [-0.2, 0) is 14.4 Å². The largest absolute Gasteiger partial charge is 0.352 e. The lowest BCUT2D eigenvalue weighted by atomic mass is 10.3. The fourth-order valence-corrected chi connectivity index (χ4v) is 1.46. The quantitative estimate of drug-likeness (QED) is 0.550. The zero-order valence-electron chi connectivity index (χ0n) is 11.1. The average molecular weight is 299 g/mol. The normalized spacial score (nSPS) is 10.0. The Morgan fingerprint density at radius 2 is 2.00 bits per heavy atom. The van der Waals surface area contributed by atoms with E-state index in [4.69, 9.17) is 11.6 Å². The molecule has 1 aromatic rings. The van der Waals surface area contributed by atoms with Crippen LogP contribution < -0.4 is 16.0 Å². The van der Waals surface area contributed by atoms with E-state index in [2.05, 4.69) is 20.9 Å². The number of amides is 3.